The Bertz CT molecular complexity index is 3580. The summed E-state index contributed by atoms with van der Waals surface area (Å²) in [6.07, 6.45) is 5.33. The molecule has 12 atom stereocenters. The summed E-state index contributed by atoms with van der Waals surface area (Å²) in [5, 5.41) is 38.9. The third-order valence-electron chi connectivity index (χ3n) is 21.9. The third kappa shape index (κ3) is 17.8. The highest BCUT2D eigenvalue weighted by molar-refractivity contribution is 5.95. The molecule has 20 nitrogen and oxygen atoms in total. The van der Waals surface area contributed by atoms with Crippen LogP contribution in [0.3, 0.4) is 0 Å². The number of methoxy groups -OCH3 is 3. The Morgan fingerprint density at radius 1 is 0.554 bits per heavy atom. The number of anilines is 1. The molecular weight excluding hydrogens is 1290 g/mol. The molecule has 6 aromatic carbocycles. The van der Waals surface area contributed by atoms with Gasteiger partial charge in [0, 0.05) is 92.2 Å². The topological polar surface area (TPSA) is 238 Å². The molecule has 6 aliphatic rings. The summed E-state index contributed by atoms with van der Waals surface area (Å²) >= 11 is 0. The van der Waals surface area contributed by atoms with Gasteiger partial charge in [0.1, 0.15) is 28.8 Å². The van der Waals surface area contributed by atoms with Gasteiger partial charge in [-0.3, -0.25) is 28.9 Å². The van der Waals surface area contributed by atoms with Crippen LogP contribution in [0.2, 0.25) is 0 Å². The Balaban J connectivity index is 0.000000180. The van der Waals surface area contributed by atoms with E-state index in [9.17, 15) is 48.8 Å². The minimum Gasteiger partial charge on any atom is -0.497 e. The lowest BCUT2D eigenvalue weighted by Gasteiger charge is -2.35. The number of carbonyl (C=O) groups is 5. The van der Waals surface area contributed by atoms with Crippen molar-refractivity contribution in [3.8, 4) is 34.5 Å². The highest BCUT2D eigenvalue weighted by atomic mass is 19.1. The minimum atomic E-state index is -0.870. The van der Waals surface area contributed by atoms with E-state index in [1.807, 2.05) is 150 Å². The van der Waals surface area contributed by atoms with E-state index in [0.717, 1.165) is 108 Å². The van der Waals surface area contributed by atoms with Crippen molar-refractivity contribution >= 4 is 35.5 Å². The molecule has 0 bridgehead atoms. The van der Waals surface area contributed by atoms with Crippen molar-refractivity contribution < 1.29 is 77.2 Å². The first-order valence-electron chi connectivity index (χ1n) is 35.3. The molecule has 12 rings (SSSR count). The first kappa shape index (κ1) is 76.4. The van der Waals surface area contributed by atoms with Crippen LogP contribution >= 0.6 is 0 Å². The molecule has 0 spiro atoms. The monoisotopic (exact) mass is 1390 g/mol. The highest BCUT2D eigenvalue weighted by Crippen LogP contribution is 2.45. The number of benzene rings is 6. The summed E-state index contributed by atoms with van der Waals surface area (Å²) in [5.41, 5.74) is 7.38. The van der Waals surface area contributed by atoms with Crippen molar-refractivity contribution in [1.29, 1.82) is 0 Å². The lowest BCUT2D eigenvalue weighted by molar-refractivity contribution is -0.144. The number of para-hydroxylation sites is 1. The largest absolute Gasteiger partial charge is 0.497 e. The van der Waals surface area contributed by atoms with Crippen LogP contribution in [-0.2, 0) is 36.8 Å². The summed E-state index contributed by atoms with van der Waals surface area (Å²) < 4.78 is 46.8. The molecule has 21 heteroatoms. The fourth-order valence-corrected chi connectivity index (χ4v) is 16.0. The third-order valence-corrected chi connectivity index (χ3v) is 21.9. The number of amides is 1. The van der Waals surface area contributed by atoms with Crippen molar-refractivity contribution in [2.24, 2.45) is 23.7 Å². The molecule has 101 heavy (non-hydrogen) atoms. The van der Waals surface area contributed by atoms with Gasteiger partial charge in [-0.15, -0.1) is 0 Å². The second-order valence-electron chi connectivity index (χ2n) is 27.8. The number of carbonyl (C=O) groups excluding carboxylic acids is 1. The summed E-state index contributed by atoms with van der Waals surface area (Å²) in [6.45, 7) is 15.5. The number of aliphatic carboxylic acids is 4. The predicted molar refractivity (Wildman–Crippen MR) is 385 cm³/mol. The van der Waals surface area contributed by atoms with E-state index in [2.05, 4.69) is 39.5 Å². The van der Waals surface area contributed by atoms with E-state index in [1.54, 1.807) is 40.4 Å². The van der Waals surface area contributed by atoms with Crippen LogP contribution in [0.5, 0.6) is 34.5 Å². The average molecular weight is 1390 g/mol. The number of likely N-dealkylation sites (N-methyl/N-ethyl adjacent to an activating group) is 3. The molecular formula is C80H102FN5O15. The number of carboxylic acid groups (broad SMARTS) is 4. The molecule has 0 saturated carbocycles. The lowest BCUT2D eigenvalue weighted by atomic mass is 9.83. The highest BCUT2D eigenvalue weighted by Gasteiger charge is 2.49. The second-order valence-corrected chi connectivity index (χ2v) is 27.8. The number of fused-ring (bicyclic) bond motifs is 2. The Hall–Kier alpha value is -8.76. The Kier molecular flexibility index (Phi) is 26.3. The number of aryl methyl sites for hydroxylation is 2. The molecule has 6 aromatic rings. The maximum Gasteiger partial charge on any atom is 0.308 e. The molecule has 544 valence electrons. The number of nitrogens with zero attached hydrogens (tertiary/aromatic N) is 5. The number of hydrogen-bond acceptors (Lipinski definition) is 15. The van der Waals surface area contributed by atoms with Gasteiger partial charge in [-0.1, -0.05) is 87.4 Å². The van der Waals surface area contributed by atoms with E-state index in [4.69, 9.17) is 28.4 Å². The van der Waals surface area contributed by atoms with E-state index in [0.29, 0.717) is 48.7 Å². The Labute approximate surface area is 593 Å². The normalized spacial score (nSPS) is 24.4. The molecule has 0 aliphatic carbocycles. The fraction of sp³-hybridized carbons (Fsp3) is 0.487. The van der Waals surface area contributed by atoms with Crippen LogP contribution in [-0.4, -0.2) is 189 Å². The standard InChI is InChI=1S/C38H45FN2O6.3C14H19NO3/c1-4-7-28(8-5-2)41(29-13-14-31(39)24(3)19-29)35(42)22-40-21-30(26-12-16-33-27(20-26)17-18-45-33)36(38(43)44)32(40)15-11-25-9-6-10-34-37(25)47-23-46-34;3*1-9-13(14(16)17)12(8-15(9)2)10-4-6-11(18-3)7-5-10/h6,9-10,12-14,16,19-20,28,30,32,36H,4-5,7-8,11,15,17-18,21-23H2,1-3H3,(H,43,44);3*4-7,9,12-13H,8H2,1-3H3,(H,16,17)/t30-,32+,36-;3*9-,12+,13-/m1000/s1. The molecule has 4 N–H and O–H groups in total. The fourth-order valence-electron chi connectivity index (χ4n) is 16.0. The van der Waals surface area contributed by atoms with Crippen LogP contribution in [0.25, 0.3) is 0 Å². The van der Waals surface area contributed by atoms with Crippen LogP contribution < -0.4 is 33.3 Å². The number of ether oxygens (including phenoxy) is 6. The van der Waals surface area contributed by atoms with Gasteiger partial charge in [-0.05, 0) is 180 Å². The van der Waals surface area contributed by atoms with Crippen LogP contribution in [0, 0.1) is 36.4 Å². The molecule has 4 fully saturated rings. The minimum absolute atomic E-state index is 0.0461. The second kappa shape index (κ2) is 34.7. The first-order valence-corrected chi connectivity index (χ1v) is 35.3. The van der Waals surface area contributed by atoms with Crippen LogP contribution in [0.1, 0.15) is 129 Å². The van der Waals surface area contributed by atoms with Gasteiger partial charge in [-0.25, -0.2) is 4.39 Å². The van der Waals surface area contributed by atoms with Gasteiger partial charge in [0.05, 0.1) is 58.2 Å². The van der Waals surface area contributed by atoms with Crippen LogP contribution in [0.4, 0.5) is 10.1 Å². The smallest absolute Gasteiger partial charge is 0.308 e. The molecule has 0 unspecified atom stereocenters. The molecule has 4 saturated heterocycles. The molecule has 6 aliphatic heterocycles. The number of hydrogen-bond donors (Lipinski definition) is 4. The quantitative estimate of drug-likeness (QED) is 0.0494. The zero-order valence-electron chi connectivity index (χ0n) is 60.4. The van der Waals surface area contributed by atoms with E-state index in [1.165, 1.54) is 6.07 Å². The van der Waals surface area contributed by atoms with Gasteiger partial charge in [-0.2, -0.15) is 0 Å². The molecule has 0 aromatic heterocycles. The molecule has 0 radical (unpaired) electrons. The maximum absolute atomic E-state index is 14.5. The summed E-state index contributed by atoms with van der Waals surface area (Å²) in [6, 6.07) is 39.5. The molecule has 6 heterocycles. The van der Waals surface area contributed by atoms with Crippen LogP contribution in [0.15, 0.2) is 127 Å². The van der Waals surface area contributed by atoms with E-state index in [-0.39, 0.29) is 90.7 Å². The van der Waals surface area contributed by atoms with Gasteiger partial charge in [0.15, 0.2) is 11.5 Å². The van der Waals surface area contributed by atoms with Gasteiger partial charge >= 0.3 is 23.9 Å². The summed E-state index contributed by atoms with van der Waals surface area (Å²) in [7, 11) is 10.8. The summed E-state index contributed by atoms with van der Waals surface area (Å²) in [5.74, 6) is -0.697. The van der Waals surface area contributed by atoms with E-state index >= 15 is 0 Å². The van der Waals surface area contributed by atoms with Crippen molar-refractivity contribution in [2.75, 3.05) is 93.5 Å². The SMILES string of the molecule is CCCC(CCC)N(C(=O)CN1C[C@H](c2ccc3c(c2)CCO3)[C@@H](C(=O)O)[C@@H]1CCc1cccc2c1OCO2)c1ccc(F)c(C)c1.COc1ccc([C@H]2CN(C)[C@@H](C)[C@@H]2C(=O)O)cc1.COc1ccc([C@H]2CN(C)[C@@H](C)[C@@H]2C(=O)O)cc1.COc1ccc([C@H]2CN(C)[C@@H](C)[C@@H]2C(=O)O)cc1. The number of carboxylic acids is 4. The lowest BCUT2D eigenvalue weighted by Crippen LogP contribution is -2.48. The zero-order valence-corrected chi connectivity index (χ0v) is 60.4. The maximum atomic E-state index is 14.5. The Morgan fingerprint density at radius 3 is 1.45 bits per heavy atom. The van der Waals surface area contributed by atoms with Crippen molar-refractivity contribution in [3.05, 3.63) is 172 Å². The number of rotatable bonds is 22. The molecule has 1 amide bonds. The Morgan fingerprint density at radius 2 is 1.01 bits per heavy atom. The van der Waals surface area contributed by atoms with Crippen molar-refractivity contribution in [1.82, 2.24) is 19.6 Å². The zero-order chi connectivity index (χ0) is 72.9. The number of halogens is 1. The van der Waals surface area contributed by atoms with Gasteiger partial charge in [0.25, 0.3) is 0 Å². The van der Waals surface area contributed by atoms with Crippen molar-refractivity contribution in [2.45, 2.75) is 140 Å². The van der Waals surface area contributed by atoms with Gasteiger partial charge in [0.2, 0.25) is 12.7 Å². The predicted octanol–water partition coefficient (Wildman–Crippen LogP) is 12.3. The van der Waals surface area contributed by atoms with E-state index < -0.39 is 35.8 Å². The number of likely N-dealkylation sites (tertiary alicyclic amines) is 4. The van der Waals surface area contributed by atoms with Crippen molar-refractivity contribution in [3.63, 3.8) is 0 Å². The van der Waals surface area contributed by atoms with Gasteiger partial charge < -0.3 is 68.4 Å². The average Bonchev–Trinajstić information content (AvgIpc) is 1.66. The first-order chi connectivity index (χ1) is 48.4. The summed E-state index contributed by atoms with van der Waals surface area (Å²) in [4.78, 5) is 72.1.